The molecule has 0 aliphatic heterocycles. The third-order valence-corrected chi connectivity index (χ3v) is 3.64. The molecule has 76 valence electrons. The van der Waals surface area contributed by atoms with Gasteiger partial charge in [-0.15, -0.1) is 0 Å². The van der Waals surface area contributed by atoms with E-state index in [9.17, 15) is 10.1 Å². The Kier molecular flexibility index (Phi) is 2.22. The topological polar surface area (TPSA) is 50.1 Å². The first-order chi connectivity index (χ1) is 6.66. The van der Waals surface area contributed by atoms with Crippen LogP contribution in [0, 0.1) is 23.2 Å². The fourth-order valence-electron chi connectivity index (χ4n) is 2.94. The fourth-order valence-corrected chi connectivity index (χ4v) is 2.94. The van der Waals surface area contributed by atoms with Gasteiger partial charge in [-0.3, -0.25) is 4.79 Å². The second-order valence-electron chi connectivity index (χ2n) is 4.51. The van der Waals surface area contributed by atoms with Crippen molar-refractivity contribution in [3.63, 3.8) is 0 Å². The number of fused-ring (bicyclic) bond motifs is 2. The maximum atomic E-state index is 11.0. The third-order valence-electron chi connectivity index (χ3n) is 3.64. The quantitative estimate of drug-likeness (QED) is 0.598. The number of nitrogens with zero attached hydrogens (tertiary/aromatic N) is 1. The summed E-state index contributed by atoms with van der Waals surface area (Å²) in [7, 11) is 0. The molecule has 0 aromatic rings. The predicted molar refractivity (Wildman–Crippen MR) is 50.2 cm³/mol. The molecule has 2 saturated carbocycles. The Labute approximate surface area is 84.0 Å². The van der Waals surface area contributed by atoms with E-state index in [2.05, 4.69) is 6.07 Å². The summed E-state index contributed by atoms with van der Waals surface area (Å²) < 4.78 is 5.26. The third kappa shape index (κ3) is 1.39. The van der Waals surface area contributed by atoms with Crippen LogP contribution in [-0.4, -0.2) is 11.6 Å². The van der Waals surface area contributed by atoms with Crippen LogP contribution >= 0.6 is 0 Å². The summed E-state index contributed by atoms with van der Waals surface area (Å²) >= 11 is 0. The maximum Gasteiger partial charge on any atom is 0.304 e. The van der Waals surface area contributed by atoms with Crippen molar-refractivity contribution in [2.75, 3.05) is 0 Å². The van der Waals surface area contributed by atoms with Crippen molar-refractivity contribution in [2.45, 2.75) is 44.6 Å². The van der Waals surface area contributed by atoms with Crippen molar-refractivity contribution in [1.82, 2.24) is 0 Å². The molecule has 0 spiro atoms. The van der Waals surface area contributed by atoms with Crippen molar-refractivity contribution in [1.29, 1.82) is 5.26 Å². The van der Waals surface area contributed by atoms with Gasteiger partial charge in [-0.05, 0) is 31.6 Å². The Morgan fingerprint density at radius 1 is 1.50 bits per heavy atom. The highest BCUT2D eigenvalue weighted by Crippen LogP contribution is 2.48. The van der Waals surface area contributed by atoms with E-state index < -0.39 is 5.60 Å². The highest BCUT2D eigenvalue weighted by Gasteiger charge is 2.49. The van der Waals surface area contributed by atoms with Crippen LogP contribution in [-0.2, 0) is 9.53 Å². The lowest BCUT2D eigenvalue weighted by atomic mass is 9.77. The first-order valence-corrected chi connectivity index (χ1v) is 5.27. The molecule has 2 aliphatic carbocycles. The van der Waals surface area contributed by atoms with Crippen LogP contribution < -0.4 is 0 Å². The first-order valence-electron chi connectivity index (χ1n) is 5.27. The second-order valence-corrected chi connectivity index (χ2v) is 4.51. The van der Waals surface area contributed by atoms with E-state index in [1.807, 2.05) is 0 Å². The Hall–Kier alpha value is -1.04. The lowest BCUT2D eigenvalue weighted by molar-refractivity contribution is -0.158. The van der Waals surface area contributed by atoms with Gasteiger partial charge in [0.05, 0.1) is 0 Å². The molecule has 0 aromatic carbocycles. The molecule has 3 atom stereocenters. The number of hydrogen-bond donors (Lipinski definition) is 0. The number of nitriles is 1. The van der Waals surface area contributed by atoms with Crippen LogP contribution in [0.15, 0.2) is 0 Å². The van der Waals surface area contributed by atoms with Gasteiger partial charge in [0.25, 0.3) is 0 Å². The molecule has 3 nitrogen and oxygen atoms in total. The highest BCUT2D eigenvalue weighted by atomic mass is 16.6. The minimum atomic E-state index is -0.793. The molecule has 0 radical (unpaired) electrons. The van der Waals surface area contributed by atoms with Crippen LogP contribution in [0.1, 0.15) is 39.0 Å². The van der Waals surface area contributed by atoms with Crippen molar-refractivity contribution in [2.24, 2.45) is 11.8 Å². The summed E-state index contributed by atoms with van der Waals surface area (Å²) in [6.45, 7) is 1.39. The van der Waals surface area contributed by atoms with Crippen molar-refractivity contribution >= 4 is 5.97 Å². The Bertz CT molecular complexity index is 294. The van der Waals surface area contributed by atoms with Crippen LogP contribution in [0.2, 0.25) is 0 Å². The average Bonchev–Trinajstić information content (AvgIpc) is 2.55. The zero-order valence-corrected chi connectivity index (χ0v) is 8.45. The first kappa shape index (κ1) is 9.51. The van der Waals surface area contributed by atoms with E-state index in [1.54, 1.807) is 0 Å². The monoisotopic (exact) mass is 193 g/mol. The molecule has 2 aliphatic rings. The molecule has 14 heavy (non-hydrogen) atoms. The van der Waals surface area contributed by atoms with E-state index in [-0.39, 0.29) is 11.9 Å². The summed E-state index contributed by atoms with van der Waals surface area (Å²) in [6.07, 6.45) is 5.09. The van der Waals surface area contributed by atoms with Crippen LogP contribution in [0.3, 0.4) is 0 Å². The summed E-state index contributed by atoms with van der Waals surface area (Å²) in [4.78, 5) is 11.0. The van der Waals surface area contributed by atoms with Gasteiger partial charge in [0.15, 0.2) is 5.60 Å². The SMILES string of the molecule is CC(=O)O[C@@]1(C#N)CC[C@@H]2CC[C@@H]1C2. The molecule has 2 bridgehead atoms. The van der Waals surface area contributed by atoms with Gasteiger partial charge < -0.3 is 4.74 Å². The van der Waals surface area contributed by atoms with Crippen LogP contribution in [0.5, 0.6) is 0 Å². The summed E-state index contributed by atoms with van der Waals surface area (Å²) in [5, 5.41) is 9.18. The normalized spacial score (nSPS) is 40.3. The minimum absolute atomic E-state index is 0.287. The molecule has 0 amide bonds. The summed E-state index contributed by atoms with van der Waals surface area (Å²) in [6, 6.07) is 2.23. The van der Waals surface area contributed by atoms with E-state index in [0.29, 0.717) is 0 Å². The minimum Gasteiger partial charge on any atom is -0.444 e. The molecule has 0 unspecified atom stereocenters. The van der Waals surface area contributed by atoms with Gasteiger partial charge in [0, 0.05) is 19.3 Å². The van der Waals surface area contributed by atoms with Gasteiger partial charge in [-0.1, -0.05) is 0 Å². The standard InChI is InChI=1S/C11H15NO2/c1-8(13)14-11(7-12)5-4-9-2-3-10(11)6-9/h9-10H,2-6H2,1H3/t9-,10+,11+/m0/s1. The molecule has 0 N–H and O–H groups in total. The lowest BCUT2D eigenvalue weighted by Gasteiger charge is -2.35. The van der Waals surface area contributed by atoms with Gasteiger partial charge >= 0.3 is 5.97 Å². The lowest BCUT2D eigenvalue weighted by Crippen LogP contribution is -2.42. The van der Waals surface area contributed by atoms with E-state index >= 15 is 0 Å². The number of carbonyl (C=O) groups excluding carboxylic acids is 1. The number of ether oxygens (including phenoxy) is 1. The molecule has 0 heterocycles. The number of rotatable bonds is 1. The predicted octanol–water partition coefficient (Wildman–Crippen LogP) is 2.02. The molecular weight excluding hydrogens is 178 g/mol. The zero-order valence-electron chi connectivity index (χ0n) is 8.45. The van der Waals surface area contributed by atoms with Crippen molar-refractivity contribution in [3.8, 4) is 6.07 Å². The Morgan fingerprint density at radius 2 is 2.29 bits per heavy atom. The summed E-state index contributed by atoms with van der Waals surface area (Å²) in [5.74, 6) is 0.740. The van der Waals surface area contributed by atoms with Crippen molar-refractivity contribution < 1.29 is 9.53 Å². The Morgan fingerprint density at radius 3 is 2.93 bits per heavy atom. The summed E-state index contributed by atoms with van der Waals surface area (Å²) in [5.41, 5.74) is -0.793. The molecule has 3 heteroatoms. The second kappa shape index (κ2) is 3.27. The Balaban J connectivity index is 2.19. The number of hydrogen-bond acceptors (Lipinski definition) is 3. The highest BCUT2D eigenvalue weighted by molar-refractivity contribution is 5.67. The van der Waals surface area contributed by atoms with E-state index in [4.69, 9.17) is 4.74 Å². The van der Waals surface area contributed by atoms with Crippen LogP contribution in [0.4, 0.5) is 0 Å². The van der Waals surface area contributed by atoms with Gasteiger partial charge in [0.1, 0.15) is 6.07 Å². The number of esters is 1. The van der Waals surface area contributed by atoms with E-state index in [0.717, 1.165) is 31.6 Å². The molecule has 0 aromatic heterocycles. The number of carbonyl (C=O) groups is 1. The molecular formula is C11H15NO2. The van der Waals surface area contributed by atoms with Gasteiger partial charge in [0.2, 0.25) is 0 Å². The zero-order chi connectivity index (χ0) is 10.2. The van der Waals surface area contributed by atoms with Gasteiger partial charge in [-0.2, -0.15) is 5.26 Å². The van der Waals surface area contributed by atoms with E-state index in [1.165, 1.54) is 13.3 Å². The smallest absolute Gasteiger partial charge is 0.304 e. The molecule has 0 saturated heterocycles. The largest absolute Gasteiger partial charge is 0.444 e. The fraction of sp³-hybridized carbons (Fsp3) is 0.818. The average molecular weight is 193 g/mol. The molecule has 2 fully saturated rings. The van der Waals surface area contributed by atoms with Crippen LogP contribution in [0.25, 0.3) is 0 Å². The van der Waals surface area contributed by atoms with Crippen molar-refractivity contribution in [3.05, 3.63) is 0 Å². The van der Waals surface area contributed by atoms with Gasteiger partial charge in [-0.25, -0.2) is 0 Å². The molecule has 2 rings (SSSR count). The maximum absolute atomic E-state index is 11.0.